The molecule has 0 atom stereocenters. The number of imidazole rings is 1. The third kappa shape index (κ3) is 2.92. The zero-order valence-electron chi connectivity index (χ0n) is 17.3. The van der Waals surface area contributed by atoms with Crippen LogP contribution in [0.25, 0.3) is 55.3 Å². The first-order valence-corrected chi connectivity index (χ1v) is 10.8. The van der Waals surface area contributed by atoms with E-state index in [1.165, 1.54) is 4.88 Å². The highest BCUT2D eigenvalue weighted by atomic mass is 32.1. The molecule has 0 fully saturated rings. The molecule has 9 nitrogen and oxygen atoms in total. The van der Waals surface area contributed by atoms with E-state index in [1.54, 1.807) is 22.2 Å². The summed E-state index contributed by atoms with van der Waals surface area (Å²) in [5.74, 6) is 0.618. The van der Waals surface area contributed by atoms with Crippen LogP contribution in [0.2, 0.25) is 0 Å². The number of aromatic amines is 2. The molecule has 10 heteroatoms. The van der Waals surface area contributed by atoms with E-state index in [0.717, 1.165) is 32.6 Å². The van der Waals surface area contributed by atoms with Crippen LogP contribution in [0.4, 0.5) is 0 Å². The molecule has 32 heavy (non-hydrogen) atoms. The van der Waals surface area contributed by atoms with E-state index in [9.17, 15) is 5.11 Å². The van der Waals surface area contributed by atoms with Crippen LogP contribution in [0, 0.1) is 6.92 Å². The second-order valence-corrected chi connectivity index (χ2v) is 8.85. The van der Waals surface area contributed by atoms with Gasteiger partial charge in [0.25, 0.3) is 0 Å². The maximum absolute atomic E-state index is 9.66. The van der Waals surface area contributed by atoms with Crippen LogP contribution < -0.4 is 0 Å². The largest absolute Gasteiger partial charge is 0.390 e. The number of nitrogens with zero attached hydrogens (tertiary/aromatic N) is 6. The van der Waals surface area contributed by atoms with E-state index in [-0.39, 0.29) is 6.61 Å². The maximum Gasteiger partial charge on any atom is 0.161 e. The molecule has 0 aliphatic carbocycles. The van der Waals surface area contributed by atoms with Crippen LogP contribution in [-0.2, 0) is 13.7 Å². The monoisotopic (exact) mass is 442 g/mol. The SMILES string of the molecule is Cc1ccc(-c2cncc3[nH]c(-c4n[nH]c5ccc(-c6cn(C)nc6CO)nc45)nc23)s1. The van der Waals surface area contributed by atoms with Crippen LogP contribution in [0.15, 0.2) is 42.9 Å². The van der Waals surface area contributed by atoms with Gasteiger partial charge in [-0.2, -0.15) is 10.2 Å². The van der Waals surface area contributed by atoms with Crippen molar-refractivity contribution in [1.29, 1.82) is 0 Å². The Bertz CT molecular complexity index is 1610. The number of aliphatic hydroxyl groups is 1. The number of nitrogens with one attached hydrogen (secondary N) is 2. The van der Waals surface area contributed by atoms with Crippen LogP contribution in [0.3, 0.4) is 0 Å². The molecule has 6 aromatic heterocycles. The molecule has 0 aliphatic heterocycles. The summed E-state index contributed by atoms with van der Waals surface area (Å²) in [5.41, 5.74) is 6.86. The number of aromatic nitrogens is 8. The predicted molar refractivity (Wildman–Crippen MR) is 123 cm³/mol. The van der Waals surface area contributed by atoms with E-state index < -0.39 is 0 Å². The van der Waals surface area contributed by atoms with E-state index in [4.69, 9.17) is 9.97 Å². The van der Waals surface area contributed by atoms with Gasteiger partial charge in [-0.3, -0.25) is 14.8 Å². The number of thiophene rings is 1. The smallest absolute Gasteiger partial charge is 0.161 e. The van der Waals surface area contributed by atoms with Crippen molar-refractivity contribution in [2.45, 2.75) is 13.5 Å². The lowest BCUT2D eigenvalue weighted by Crippen LogP contribution is -1.91. The zero-order valence-corrected chi connectivity index (χ0v) is 18.1. The van der Waals surface area contributed by atoms with Crippen molar-refractivity contribution < 1.29 is 5.11 Å². The molecule has 0 saturated heterocycles. The summed E-state index contributed by atoms with van der Waals surface area (Å²) < 4.78 is 1.67. The third-order valence-electron chi connectivity index (χ3n) is 5.36. The summed E-state index contributed by atoms with van der Waals surface area (Å²) in [5, 5.41) is 21.5. The number of fused-ring (bicyclic) bond motifs is 2. The molecule has 0 saturated carbocycles. The van der Waals surface area contributed by atoms with Gasteiger partial charge in [0.1, 0.15) is 11.0 Å². The molecule has 0 unspecified atom stereocenters. The quantitative estimate of drug-likeness (QED) is 0.382. The topological polar surface area (TPSA) is 121 Å². The van der Waals surface area contributed by atoms with Gasteiger partial charge in [0, 0.05) is 40.3 Å². The first kappa shape index (κ1) is 18.8. The van der Waals surface area contributed by atoms with Gasteiger partial charge in [-0.1, -0.05) is 0 Å². The fraction of sp³-hybridized carbons (Fsp3) is 0.136. The predicted octanol–water partition coefficient (Wildman–Crippen LogP) is 3.83. The van der Waals surface area contributed by atoms with Crippen molar-refractivity contribution in [2.24, 2.45) is 7.05 Å². The Kier molecular flexibility index (Phi) is 4.17. The Hall–Kier alpha value is -3.89. The van der Waals surface area contributed by atoms with Crippen molar-refractivity contribution in [3.05, 3.63) is 53.4 Å². The maximum atomic E-state index is 9.66. The molecule has 6 heterocycles. The van der Waals surface area contributed by atoms with Gasteiger partial charge < -0.3 is 10.1 Å². The summed E-state index contributed by atoms with van der Waals surface area (Å²) in [6.45, 7) is 1.93. The Morgan fingerprint density at radius 1 is 1.03 bits per heavy atom. The molecule has 0 amide bonds. The lowest BCUT2D eigenvalue weighted by Gasteiger charge is -2.00. The number of rotatable bonds is 4. The molecule has 0 radical (unpaired) electrons. The number of pyridine rings is 2. The van der Waals surface area contributed by atoms with Crippen molar-refractivity contribution >= 4 is 33.4 Å². The van der Waals surface area contributed by atoms with Crippen LogP contribution in [-0.4, -0.2) is 45.0 Å². The third-order valence-corrected chi connectivity index (χ3v) is 6.40. The summed E-state index contributed by atoms with van der Waals surface area (Å²) in [4.78, 5) is 19.8. The highest BCUT2D eigenvalue weighted by Gasteiger charge is 2.18. The first-order valence-electron chi connectivity index (χ1n) is 10.0. The fourth-order valence-electron chi connectivity index (χ4n) is 3.88. The minimum absolute atomic E-state index is 0.157. The fourth-order valence-corrected chi connectivity index (χ4v) is 4.76. The number of H-pyrrole nitrogens is 2. The Balaban J connectivity index is 1.51. The number of hydrogen-bond acceptors (Lipinski definition) is 7. The highest BCUT2D eigenvalue weighted by molar-refractivity contribution is 7.15. The average Bonchev–Trinajstić information content (AvgIpc) is 3.57. The molecule has 158 valence electrons. The molecule has 6 aromatic rings. The number of aliphatic hydroxyl groups excluding tert-OH is 1. The molecule has 0 bridgehead atoms. The van der Waals surface area contributed by atoms with Crippen molar-refractivity contribution in [1.82, 2.24) is 39.9 Å². The van der Waals surface area contributed by atoms with Gasteiger partial charge >= 0.3 is 0 Å². The van der Waals surface area contributed by atoms with Crippen molar-refractivity contribution in [3.8, 4) is 33.2 Å². The van der Waals surface area contributed by atoms with Gasteiger partial charge in [-0.25, -0.2) is 9.97 Å². The highest BCUT2D eigenvalue weighted by Crippen LogP contribution is 2.34. The second kappa shape index (κ2) is 7.08. The minimum Gasteiger partial charge on any atom is -0.390 e. The average molecular weight is 443 g/mol. The van der Waals surface area contributed by atoms with Gasteiger partial charge in [-0.15, -0.1) is 11.3 Å². The summed E-state index contributed by atoms with van der Waals surface area (Å²) in [6, 6.07) is 8.00. The number of hydrogen-bond donors (Lipinski definition) is 3. The van der Waals surface area contributed by atoms with E-state index in [2.05, 4.69) is 44.3 Å². The summed E-state index contributed by atoms with van der Waals surface area (Å²) >= 11 is 1.71. The summed E-state index contributed by atoms with van der Waals surface area (Å²) in [6.07, 6.45) is 5.46. The second-order valence-electron chi connectivity index (χ2n) is 7.57. The molecule has 0 aromatic carbocycles. The van der Waals surface area contributed by atoms with Crippen molar-refractivity contribution in [2.75, 3.05) is 0 Å². The molecule has 0 spiro atoms. The van der Waals surface area contributed by atoms with Crippen LogP contribution in [0.1, 0.15) is 10.6 Å². The van der Waals surface area contributed by atoms with Crippen molar-refractivity contribution in [3.63, 3.8) is 0 Å². The van der Waals surface area contributed by atoms with E-state index >= 15 is 0 Å². The molecule has 0 aliphatic rings. The standard InChI is InChI=1S/C22H18N8OS/c1-11-3-6-18(32-11)12-7-23-8-16-19(12)26-22(25-16)21-20-15(27-28-21)5-4-14(24-20)13-9-30(2)29-17(13)10-31/h3-9,31H,10H2,1-2H3,(H,25,26)(H,27,28). The normalized spacial score (nSPS) is 11.7. The van der Waals surface area contributed by atoms with Crippen LogP contribution >= 0.6 is 11.3 Å². The number of aryl methyl sites for hydroxylation is 2. The molecule has 3 N–H and O–H groups in total. The Morgan fingerprint density at radius 3 is 2.75 bits per heavy atom. The molecular weight excluding hydrogens is 424 g/mol. The van der Waals surface area contributed by atoms with Gasteiger partial charge in [0.2, 0.25) is 0 Å². The van der Waals surface area contributed by atoms with Gasteiger partial charge in [-0.05, 0) is 31.2 Å². The lowest BCUT2D eigenvalue weighted by atomic mass is 10.1. The van der Waals surface area contributed by atoms with E-state index in [1.807, 2.05) is 31.6 Å². The van der Waals surface area contributed by atoms with Gasteiger partial charge in [0.15, 0.2) is 11.5 Å². The lowest BCUT2D eigenvalue weighted by molar-refractivity contribution is 0.276. The minimum atomic E-state index is -0.157. The Labute approximate surface area is 185 Å². The van der Waals surface area contributed by atoms with Crippen LogP contribution in [0.5, 0.6) is 0 Å². The zero-order chi connectivity index (χ0) is 21.8. The van der Waals surface area contributed by atoms with Gasteiger partial charge in [0.05, 0.1) is 35.2 Å². The van der Waals surface area contributed by atoms with E-state index in [0.29, 0.717) is 28.4 Å². The molecule has 6 rings (SSSR count). The summed E-state index contributed by atoms with van der Waals surface area (Å²) in [7, 11) is 1.82. The first-order chi connectivity index (χ1) is 15.6. The molecular formula is C22H18N8OS. The Morgan fingerprint density at radius 2 is 1.94 bits per heavy atom.